The van der Waals surface area contributed by atoms with E-state index >= 15 is 0 Å². The van der Waals surface area contributed by atoms with Crippen LogP contribution >= 0.6 is 0 Å². The molecule has 1 aliphatic rings. The smallest absolute Gasteiger partial charge is 0.226 e. The summed E-state index contributed by atoms with van der Waals surface area (Å²) in [5.41, 5.74) is 2.94. The second-order valence-electron chi connectivity index (χ2n) is 7.19. The van der Waals surface area contributed by atoms with E-state index in [1.165, 1.54) is 31.9 Å². The fraction of sp³-hybridized carbons (Fsp3) is 0.409. The van der Waals surface area contributed by atoms with Crippen molar-refractivity contribution in [2.24, 2.45) is 0 Å². The SMILES string of the molecule is CC(=O)N(CCC(=O)Nc1ccc(N2CCCCC2)cc1)Cc1cccnc1. The minimum Gasteiger partial charge on any atom is -0.372 e. The Morgan fingerprint density at radius 3 is 2.50 bits per heavy atom. The average Bonchev–Trinajstić information content (AvgIpc) is 2.73. The minimum absolute atomic E-state index is 0.0532. The molecule has 2 amide bonds. The van der Waals surface area contributed by atoms with Crippen LogP contribution in [0.2, 0.25) is 0 Å². The van der Waals surface area contributed by atoms with E-state index in [4.69, 9.17) is 0 Å². The third kappa shape index (κ3) is 5.81. The molecule has 6 heteroatoms. The number of amides is 2. The predicted octanol–water partition coefficient (Wildman–Crippen LogP) is 3.45. The van der Waals surface area contributed by atoms with Gasteiger partial charge >= 0.3 is 0 Å². The van der Waals surface area contributed by atoms with Crippen molar-refractivity contribution in [3.05, 3.63) is 54.4 Å². The number of piperidine rings is 1. The second kappa shape index (κ2) is 9.88. The van der Waals surface area contributed by atoms with E-state index in [0.717, 1.165) is 24.3 Å². The lowest BCUT2D eigenvalue weighted by Crippen LogP contribution is -2.31. The monoisotopic (exact) mass is 380 g/mol. The lowest BCUT2D eigenvalue weighted by atomic mass is 10.1. The van der Waals surface area contributed by atoms with Crippen LogP contribution in [0.25, 0.3) is 0 Å². The number of hydrogen-bond acceptors (Lipinski definition) is 4. The summed E-state index contributed by atoms with van der Waals surface area (Å²) in [6, 6.07) is 11.8. The Bertz CT molecular complexity index is 771. The van der Waals surface area contributed by atoms with Gasteiger partial charge in [0.15, 0.2) is 0 Å². The van der Waals surface area contributed by atoms with Gasteiger partial charge in [-0.05, 0) is 55.2 Å². The first-order valence-corrected chi connectivity index (χ1v) is 9.91. The molecule has 6 nitrogen and oxygen atoms in total. The molecule has 0 aliphatic carbocycles. The number of pyridine rings is 1. The minimum atomic E-state index is -0.0943. The van der Waals surface area contributed by atoms with Crippen molar-refractivity contribution in [3.8, 4) is 0 Å². The van der Waals surface area contributed by atoms with Gasteiger partial charge in [-0.1, -0.05) is 6.07 Å². The maximum Gasteiger partial charge on any atom is 0.226 e. The first kappa shape index (κ1) is 19.9. The molecule has 0 atom stereocenters. The van der Waals surface area contributed by atoms with E-state index in [-0.39, 0.29) is 18.2 Å². The van der Waals surface area contributed by atoms with Crippen molar-refractivity contribution in [3.63, 3.8) is 0 Å². The van der Waals surface area contributed by atoms with Crippen LogP contribution in [0.15, 0.2) is 48.8 Å². The molecule has 28 heavy (non-hydrogen) atoms. The van der Waals surface area contributed by atoms with E-state index in [1.54, 1.807) is 17.3 Å². The van der Waals surface area contributed by atoms with Crippen LogP contribution in [0.4, 0.5) is 11.4 Å². The summed E-state index contributed by atoms with van der Waals surface area (Å²) in [6.45, 7) is 4.56. The summed E-state index contributed by atoms with van der Waals surface area (Å²) >= 11 is 0. The quantitative estimate of drug-likeness (QED) is 0.799. The van der Waals surface area contributed by atoms with Crippen molar-refractivity contribution in [1.82, 2.24) is 9.88 Å². The molecule has 1 N–H and O–H groups in total. The van der Waals surface area contributed by atoms with Gasteiger partial charge in [-0.3, -0.25) is 14.6 Å². The molecule has 1 saturated heterocycles. The fourth-order valence-corrected chi connectivity index (χ4v) is 3.43. The zero-order chi connectivity index (χ0) is 19.8. The van der Waals surface area contributed by atoms with Gasteiger partial charge in [-0.15, -0.1) is 0 Å². The first-order valence-electron chi connectivity index (χ1n) is 9.91. The topological polar surface area (TPSA) is 65.5 Å². The number of nitrogens with one attached hydrogen (secondary N) is 1. The molecule has 3 rings (SSSR count). The van der Waals surface area contributed by atoms with Gasteiger partial charge in [0.05, 0.1) is 0 Å². The van der Waals surface area contributed by atoms with Gasteiger partial charge in [0, 0.05) is 63.3 Å². The van der Waals surface area contributed by atoms with Crippen molar-refractivity contribution in [2.75, 3.05) is 29.9 Å². The van der Waals surface area contributed by atoms with Gasteiger partial charge in [0.25, 0.3) is 0 Å². The van der Waals surface area contributed by atoms with Gasteiger partial charge in [0.1, 0.15) is 0 Å². The molecule has 0 radical (unpaired) electrons. The van der Waals surface area contributed by atoms with Gasteiger partial charge in [0.2, 0.25) is 11.8 Å². The van der Waals surface area contributed by atoms with Gasteiger partial charge in [-0.2, -0.15) is 0 Å². The maximum atomic E-state index is 12.3. The molecular weight excluding hydrogens is 352 g/mol. The van der Waals surface area contributed by atoms with Crippen LogP contribution in [0.3, 0.4) is 0 Å². The Morgan fingerprint density at radius 2 is 1.86 bits per heavy atom. The first-order chi connectivity index (χ1) is 13.6. The Kier molecular flexibility index (Phi) is 7.00. The molecule has 148 valence electrons. The Hall–Kier alpha value is -2.89. The third-order valence-corrected chi connectivity index (χ3v) is 5.02. The number of rotatable bonds is 7. The number of carbonyl (C=O) groups excluding carboxylic acids is 2. The molecule has 0 spiro atoms. The number of carbonyl (C=O) groups is 2. The number of hydrogen-bond donors (Lipinski definition) is 1. The molecule has 0 bridgehead atoms. The summed E-state index contributed by atoms with van der Waals surface area (Å²) in [5.74, 6) is -0.148. The zero-order valence-electron chi connectivity index (χ0n) is 16.4. The van der Waals surface area contributed by atoms with E-state index in [2.05, 4.69) is 27.3 Å². The predicted molar refractivity (Wildman–Crippen MR) is 111 cm³/mol. The summed E-state index contributed by atoms with van der Waals surface area (Å²) in [5, 5.41) is 2.92. The van der Waals surface area contributed by atoms with E-state index in [1.807, 2.05) is 24.3 Å². The fourth-order valence-electron chi connectivity index (χ4n) is 3.43. The lowest BCUT2D eigenvalue weighted by molar-refractivity contribution is -0.129. The van der Waals surface area contributed by atoms with Crippen LogP contribution in [-0.2, 0) is 16.1 Å². The largest absolute Gasteiger partial charge is 0.372 e. The molecule has 0 unspecified atom stereocenters. The molecular formula is C22H28N4O2. The molecule has 0 saturated carbocycles. The molecule has 1 aromatic carbocycles. The summed E-state index contributed by atoms with van der Waals surface area (Å²) in [6.07, 6.45) is 7.48. The van der Waals surface area contributed by atoms with Crippen molar-refractivity contribution < 1.29 is 9.59 Å². The van der Waals surface area contributed by atoms with Crippen molar-refractivity contribution in [1.29, 1.82) is 0 Å². The molecule has 1 aliphatic heterocycles. The second-order valence-corrected chi connectivity index (χ2v) is 7.19. The van der Waals surface area contributed by atoms with E-state index in [9.17, 15) is 9.59 Å². The van der Waals surface area contributed by atoms with E-state index < -0.39 is 0 Å². The Balaban J connectivity index is 1.49. The highest BCUT2D eigenvalue weighted by Crippen LogP contribution is 2.21. The van der Waals surface area contributed by atoms with Gasteiger partial charge in [-0.25, -0.2) is 0 Å². The summed E-state index contributed by atoms with van der Waals surface area (Å²) < 4.78 is 0. The molecule has 2 aromatic rings. The normalized spacial score (nSPS) is 13.8. The van der Waals surface area contributed by atoms with Crippen molar-refractivity contribution >= 4 is 23.2 Å². The number of nitrogens with zero attached hydrogens (tertiary/aromatic N) is 3. The van der Waals surface area contributed by atoms with Crippen LogP contribution in [0.1, 0.15) is 38.2 Å². The Labute approximate surface area is 166 Å². The van der Waals surface area contributed by atoms with Crippen molar-refractivity contribution in [2.45, 2.75) is 39.2 Å². The summed E-state index contributed by atoms with van der Waals surface area (Å²) in [7, 11) is 0. The number of aromatic nitrogens is 1. The number of benzene rings is 1. The van der Waals surface area contributed by atoms with Crippen LogP contribution in [0, 0.1) is 0 Å². The number of anilines is 2. The highest BCUT2D eigenvalue weighted by molar-refractivity contribution is 5.91. The average molecular weight is 380 g/mol. The lowest BCUT2D eigenvalue weighted by Gasteiger charge is -2.28. The van der Waals surface area contributed by atoms with Gasteiger partial charge < -0.3 is 15.1 Å². The maximum absolute atomic E-state index is 12.3. The van der Waals surface area contributed by atoms with Crippen LogP contribution < -0.4 is 10.2 Å². The zero-order valence-corrected chi connectivity index (χ0v) is 16.4. The highest BCUT2D eigenvalue weighted by atomic mass is 16.2. The highest BCUT2D eigenvalue weighted by Gasteiger charge is 2.13. The van der Waals surface area contributed by atoms with Crippen LogP contribution in [-0.4, -0.2) is 41.3 Å². The third-order valence-electron chi connectivity index (χ3n) is 5.02. The van der Waals surface area contributed by atoms with Crippen LogP contribution in [0.5, 0.6) is 0 Å². The summed E-state index contributed by atoms with van der Waals surface area (Å²) in [4.78, 5) is 32.3. The molecule has 2 heterocycles. The molecule has 1 aromatic heterocycles. The Morgan fingerprint density at radius 1 is 1.11 bits per heavy atom. The standard InChI is InChI=1S/C22H28N4O2/c1-18(27)26(17-19-6-5-12-23-16-19)15-11-22(28)24-20-7-9-21(10-8-20)25-13-3-2-4-14-25/h5-10,12,16H,2-4,11,13-15,17H2,1H3,(H,24,28). The van der Waals surface area contributed by atoms with E-state index in [0.29, 0.717) is 13.1 Å². The molecule has 1 fully saturated rings.